The smallest absolute Gasteiger partial charge is 0.187 e. The van der Waals surface area contributed by atoms with Gasteiger partial charge in [-0.05, 0) is 119 Å². The van der Waals surface area contributed by atoms with Gasteiger partial charge in [0, 0.05) is 20.2 Å². The molecule has 10 aromatic rings. The minimum Gasteiger partial charge on any atom is -0.238 e. The summed E-state index contributed by atoms with van der Waals surface area (Å²) in [5.41, 5.74) is 7.77. The van der Waals surface area contributed by atoms with Crippen molar-refractivity contribution in [2.45, 2.75) is 0 Å². The average Bonchev–Trinajstić information content (AvgIpc) is 3.54. The fourth-order valence-corrected chi connectivity index (χ4v) is 8.69. The van der Waals surface area contributed by atoms with E-state index < -0.39 is 0 Å². The third-order valence-corrected chi connectivity index (χ3v) is 11.2. The molecule has 1 nitrogen and oxygen atoms in total. The highest BCUT2D eigenvalue weighted by Gasteiger charge is 2.14. The van der Waals surface area contributed by atoms with E-state index in [1.165, 1.54) is 85.5 Å². The van der Waals surface area contributed by atoms with Crippen molar-refractivity contribution in [2.24, 2.45) is 0 Å². The highest BCUT2D eigenvalue weighted by Crippen LogP contribution is 2.43. The Balaban J connectivity index is 1.07. The lowest BCUT2D eigenvalue weighted by Gasteiger charge is -2.13. The van der Waals surface area contributed by atoms with Crippen molar-refractivity contribution in [1.82, 2.24) is 0 Å². The molecule has 0 atom stereocenters. The van der Waals surface area contributed by atoms with Crippen molar-refractivity contribution in [2.75, 3.05) is 0 Å². The molecule has 0 fully saturated rings. The first-order chi connectivity index (χ1) is 24.2. The number of nitrogens with zero attached hydrogens (tertiary/aromatic N) is 1. The molecule has 0 saturated heterocycles. The van der Waals surface area contributed by atoms with Gasteiger partial charge < -0.3 is 0 Å². The number of hydrogen-bond acceptors (Lipinski definition) is 1. The normalized spacial score (nSPS) is 11.7. The highest BCUT2D eigenvalue weighted by molar-refractivity contribution is 7.25. The zero-order valence-corrected chi connectivity index (χ0v) is 27.3. The Morgan fingerprint density at radius 1 is 0.327 bits per heavy atom. The number of rotatable bonds is 3. The molecule has 0 N–H and O–H groups in total. The molecule has 0 spiro atoms. The van der Waals surface area contributed by atoms with Crippen LogP contribution in [0.2, 0.25) is 0 Å². The zero-order chi connectivity index (χ0) is 32.5. The van der Waals surface area contributed by atoms with E-state index in [-0.39, 0.29) is 0 Å². The fraction of sp³-hybridized carbons (Fsp3) is 0. The molecule has 0 aliphatic carbocycles. The van der Waals surface area contributed by atoms with Crippen LogP contribution < -0.4 is 0 Å². The third-order valence-electron chi connectivity index (χ3n) is 10.0. The molecule has 0 radical (unpaired) electrons. The van der Waals surface area contributed by atoms with Crippen LogP contribution in [0, 0.1) is 6.57 Å². The van der Waals surface area contributed by atoms with Crippen molar-refractivity contribution in [3.05, 3.63) is 175 Å². The molecule has 0 bridgehead atoms. The summed E-state index contributed by atoms with van der Waals surface area (Å²) in [6.07, 6.45) is 0. The molecule has 1 heterocycles. The molecule has 1 aromatic heterocycles. The van der Waals surface area contributed by atoms with Crippen LogP contribution in [0.4, 0.5) is 5.69 Å². The quantitative estimate of drug-likeness (QED) is 0.134. The SMILES string of the molecule is [C-]#[N+]c1ccc(-c2ccc3cc(-c4cccc(-c5ccc6c(c5)c5ccccc5c5cc7c(cc65)sc5ccccc57)c4)ccc3c2)cc1. The molecule has 9 aromatic carbocycles. The lowest BCUT2D eigenvalue weighted by atomic mass is 9.90. The minimum atomic E-state index is 0.663. The van der Waals surface area contributed by atoms with E-state index in [9.17, 15) is 0 Å². The lowest BCUT2D eigenvalue weighted by molar-refractivity contribution is 1.61. The van der Waals surface area contributed by atoms with Gasteiger partial charge in [-0.15, -0.1) is 11.3 Å². The Morgan fingerprint density at radius 3 is 1.57 bits per heavy atom. The van der Waals surface area contributed by atoms with Crippen LogP contribution in [0.15, 0.2) is 164 Å². The van der Waals surface area contributed by atoms with Gasteiger partial charge in [-0.1, -0.05) is 121 Å². The van der Waals surface area contributed by atoms with Crippen LogP contribution in [0.3, 0.4) is 0 Å². The van der Waals surface area contributed by atoms with Gasteiger partial charge in [0.05, 0.1) is 6.57 Å². The van der Waals surface area contributed by atoms with E-state index in [0.717, 1.165) is 11.1 Å². The van der Waals surface area contributed by atoms with Crippen LogP contribution in [0.1, 0.15) is 0 Å². The van der Waals surface area contributed by atoms with Crippen LogP contribution >= 0.6 is 11.3 Å². The summed E-state index contributed by atoms with van der Waals surface area (Å²) in [4.78, 5) is 3.52. The van der Waals surface area contributed by atoms with Crippen LogP contribution in [-0.2, 0) is 0 Å². The van der Waals surface area contributed by atoms with Gasteiger partial charge in [-0.2, -0.15) is 0 Å². The summed E-state index contributed by atoms with van der Waals surface area (Å²) in [7, 11) is 0. The Labute approximate surface area is 287 Å². The van der Waals surface area contributed by atoms with E-state index in [4.69, 9.17) is 6.57 Å². The molecule has 49 heavy (non-hydrogen) atoms. The van der Waals surface area contributed by atoms with Gasteiger partial charge in [-0.3, -0.25) is 0 Å². The lowest BCUT2D eigenvalue weighted by Crippen LogP contribution is -1.86. The van der Waals surface area contributed by atoms with Crippen molar-refractivity contribution in [3.63, 3.8) is 0 Å². The standard InChI is InChI=1S/C47H27NS/c1-48-37-20-17-29(18-21-37)32-13-14-35-25-33(15-16-34(35)24-32)30-7-6-8-31(23-30)36-19-22-40-42(26-36)38-9-2-3-10-39(38)43-27-45-41-11-4-5-12-46(41)49-47(45)28-44(40)43/h2-28H. The van der Waals surface area contributed by atoms with Gasteiger partial charge >= 0.3 is 0 Å². The molecule has 0 aliphatic rings. The van der Waals surface area contributed by atoms with Crippen LogP contribution in [0.5, 0.6) is 0 Å². The Hall–Kier alpha value is -6.27. The van der Waals surface area contributed by atoms with Gasteiger partial charge in [0.25, 0.3) is 0 Å². The fourth-order valence-electron chi connectivity index (χ4n) is 7.56. The van der Waals surface area contributed by atoms with E-state index in [0.29, 0.717) is 5.69 Å². The summed E-state index contributed by atoms with van der Waals surface area (Å²) in [5, 5.41) is 12.9. The zero-order valence-electron chi connectivity index (χ0n) is 26.4. The number of thiophene rings is 1. The van der Waals surface area contributed by atoms with Crippen molar-refractivity contribution in [1.29, 1.82) is 0 Å². The predicted octanol–water partition coefficient (Wildman–Crippen LogP) is 14.2. The molecular formula is C47H27NS. The first-order valence-electron chi connectivity index (χ1n) is 16.5. The Bertz CT molecular complexity index is 2990. The second-order valence-corrected chi connectivity index (χ2v) is 13.9. The maximum atomic E-state index is 7.23. The number of fused-ring (bicyclic) bond motifs is 10. The van der Waals surface area contributed by atoms with E-state index in [2.05, 4.69) is 144 Å². The third kappa shape index (κ3) is 4.52. The Kier molecular flexibility index (Phi) is 6.18. The largest absolute Gasteiger partial charge is 0.238 e. The first-order valence-corrected chi connectivity index (χ1v) is 17.3. The maximum absolute atomic E-state index is 7.23. The molecule has 0 amide bonds. The second kappa shape index (κ2) is 10.9. The number of hydrogen-bond donors (Lipinski definition) is 0. The van der Waals surface area contributed by atoms with Gasteiger partial charge in [0.15, 0.2) is 5.69 Å². The molecule has 226 valence electrons. The maximum Gasteiger partial charge on any atom is 0.187 e. The molecule has 0 aliphatic heterocycles. The van der Waals surface area contributed by atoms with Crippen molar-refractivity contribution < 1.29 is 0 Å². The molecular weight excluding hydrogens is 611 g/mol. The monoisotopic (exact) mass is 637 g/mol. The second-order valence-electron chi connectivity index (χ2n) is 12.8. The van der Waals surface area contributed by atoms with Crippen LogP contribution in [-0.4, -0.2) is 0 Å². The van der Waals surface area contributed by atoms with E-state index >= 15 is 0 Å². The van der Waals surface area contributed by atoms with Gasteiger partial charge in [0.1, 0.15) is 0 Å². The van der Waals surface area contributed by atoms with Gasteiger partial charge in [0.2, 0.25) is 0 Å². The highest BCUT2D eigenvalue weighted by atomic mass is 32.1. The Morgan fingerprint density at radius 2 is 0.857 bits per heavy atom. The summed E-state index contributed by atoms with van der Waals surface area (Å²) < 4.78 is 2.67. The average molecular weight is 638 g/mol. The van der Waals surface area contributed by atoms with Crippen molar-refractivity contribution in [3.8, 4) is 33.4 Å². The molecule has 0 saturated carbocycles. The van der Waals surface area contributed by atoms with Crippen LogP contribution in [0.25, 0.3) is 101 Å². The summed E-state index contributed by atoms with van der Waals surface area (Å²) in [6.45, 7) is 7.23. The van der Waals surface area contributed by atoms with Gasteiger partial charge in [-0.25, -0.2) is 4.85 Å². The molecule has 10 rings (SSSR count). The number of benzene rings is 9. The summed E-state index contributed by atoms with van der Waals surface area (Å²) in [5.74, 6) is 0. The first kappa shape index (κ1) is 27.8. The van der Waals surface area contributed by atoms with Crippen molar-refractivity contribution >= 4 is 80.3 Å². The summed E-state index contributed by atoms with van der Waals surface area (Å²) >= 11 is 1.88. The minimum absolute atomic E-state index is 0.663. The van der Waals surface area contributed by atoms with E-state index in [1.807, 2.05) is 35.6 Å². The van der Waals surface area contributed by atoms with E-state index in [1.54, 1.807) is 0 Å². The predicted molar refractivity (Wildman–Crippen MR) is 212 cm³/mol. The summed E-state index contributed by atoms with van der Waals surface area (Å²) in [6, 6.07) is 59.5. The molecule has 0 unspecified atom stereocenters. The molecule has 2 heteroatoms. The topological polar surface area (TPSA) is 4.36 Å².